The van der Waals surface area contributed by atoms with Crippen LogP contribution in [-0.2, 0) is 0 Å². The second-order valence-corrected chi connectivity index (χ2v) is 4.67. The number of para-hydroxylation sites is 1. The zero-order valence-electron chi connectivity index (χ0n) is 10.5. The summed E-state index contributed by atoms with van der Waals surface area (Å²) < 4.78 is 7.84. The molecule has 0 saturated carbocycles. The van der Waals surface area contributed by atoms with Crippen molar-refractivity contribution in [1.29, 1.82) is 0 Å². The molecule has 1 aromatic carbocycles. The normalized spacial score (nSPS) is 19.1. The summed E-state index contributed by atoms with van der Waals surface area (Å²) in [6.07, 6.45) is 4.89. The number of aromatic nitrogens is 2. The lowest BCUT2D eigenvalue weighted by Gasteiger charge is -2.08. The number of hydrogen-bond acceptors (Lipinski definition) is 3. The molecule has 1 aliphatic rings. The first-order chi connectivity index (χ1) is 8.83. The molecule has 1 unspecified atom stereocenters. The summed E-state index contributed by atoms with van der Waals surface area (Å²) in [7, 11) is 0. The van der Waals surface area contributed by atoms with Crippen LogP contribution >= 0.6 is 0 Å². The van der Waals surface area contributed by atoms with Crippen molar-refractivity contribution < 1.29 is 4.74 Å². The van der Waals surface area contributed by atoms with Crippen LogP contribution in [0.3, 0.4) is 0 Å². The highest BCUT2D eigenvalue weighted by molar-refractivity contribution is 5.35. The number of nitrogens with zero attached hydrogens (tertiary/aromatic N) is 2. The maximum atomic E-state index is 5.85. The molecule has 18 heavy (non-hydrogen) atoms. The highest BCUT2D eigenvalue weighted by Crippen LogP contribution is 2.25. The van der Waals surface area contributed by atoms with Gasteiger partial charge in [0.2, 0.25) is 0 Å². The molecule has 1 N–H and O–H groups in total. The van der Waals surface area contributed by atoms with Crippen LogP contribution in [0.5, 0.6) is 11.5 Å². The highest BCUT2D eigenvalue weighted by atomic mass is 16.5. The van der Waals surface area contributed by atoms with Gasteiger partial charge in [-0.25, -0.2) is 0 Å². The predicted molar refractivity (Wildman–Crippen MR) is 70.0 cm³/mol. The summed E-state index contributed by atoms with van der Waals surface area (Å²) in [5.74, 6) is 1.69. The van der Waals surface area contributed by atoms with Gasteiger partial charge >= 0.3 is 0 Å². The standard InChI is InChI=1S/C14H17N3O/c1-11-4-2-3-5-14(11)18-13-9-16-17(10-13)12-6-7-15-8-12/h2-5,9-10,12,15H,6-8H2,1H3. The molecule has 4 heteroatoms. The topological polar surface area (TPSA) is 39.1 Å². The Morgan fingerprint density at radius 1 is 1.39 bits per heavy atom. The molecule has 0 radical (unpaired) electrons. The summed E-state index contributed by atoms with van der Waals surface area (Å²) in [4.78, 5) is 0. The summed E-state index contributed by atoms with van der Waals surface area (Å²) in [5, 5.41) is 7.71. The molecule has 3 rings (SSSR count). The molecule has 2 heterocycles. The van der Waals surface area contributed by atoms with E-state index < -0.39 is 0 Å². The van der Waals surface area contributed by atoms with E-state index in [1.807, 2.05) is 42.1 Å². The Labute approximate surface area is 107 Å². The lowest BCUT2D eigenvalue weighted by molar-refractivity contribution is 0.466. The smallest absolute Gasteiger partial charge is 0.165 e. The number of hydrogen-bond donors (Lipinski definition) is 1. The van der Waals surface area contributed by atoms with Gasteiger partial charge in [0.15, 0.2) is 5.75 Å². The average Bonchev–Trinajstić information content (AvgIpc) is 3.02. The molecule has 94 valence electrons. The Morgan fingerprint density at radius 2 is 2.28 bits per heavy atom. The third-order valence-electron chi connectivity index (χ3n) is 3.31. The van der Waals surface area contributed by atoms with Crippen molar-refractivity contribution in [2.24, 2.45) is 0 Å². The summed E-state index contributed by atoms with van der Waals surface area (Å²) in [6, 6.07) is 8.47. The fourth-order valence-electron chi connectivity index (χ4n) is 2.24. The van der Waals surface area contributed by atoms with Gasteiger partial charge in [0.1, 0.15) is 5.75 Å². The van der Waals surface area contributed by atoms with Crippen LogP contribution in [0.2, 0.25) is 0 Å². The van der Waals surface area contributed by atoms with Crippen molar-refractivity contribution in [1.82, 2.24) is 15.1 Å². The molecular weight excluding hydrogens is 226 g/mol. The number of aryl methyl sites for hydroxylation is 1. The van der Waals surface area contributed by atoms with E-state index in [0.29, 0.717) is 6.04 Å². The van der Waals surface area contributed by atoms with E-state index in [-0.39, 0.29) is 0 Å². The molecule has 0 bridgehead atoms. The van der Waals surface area contributed by atoms with E-state index in [0.717, 1.165) is 36.6 Å². The lowest BCUT2D eigenvalue weighted by Crippen LogP contribution is -2.13. The van der Waals surface area contributed by atoms with Gasteiger partial charge in [-0.3, -0.25) is 4.68 Å². The molecule has 1 aromatic heterocycles. The molecule has 1 fully saturated rings. The summed E-state index contributed by atoms with van der Waals surface area (Å²) in [6.45, 7) is 4.10. The van der Waals surface area contributed by atoms with Crippen molar-refractivity contribution in [3.63, 3.8) is 0 Å². The Morgan fingerprint density at radius 3 is 3.06 bits per heavy atom. The molecule has 1 atom stereocenters. The van der Waals surface area contributed by atoms with Gasteiger partial charge in [0.25, 0.3) is 0 Å². The minimum Gasteiger partial charge on any atom is -0.454 e. The van der Waals surface area contributed by atoms with E-state index >= 15 is 0 Å². The fourth-order valence-corrected chi connectivity index (χ4v) is 2.24. The monoisotopic (exact) mass is 243 g/mol. The van der Waals surface area contributed by atoms with E-state index in [4.69, 9.17) is 4.74 Å². The third kappa shape index (κ3) is 2.24. The van der Waals surface area contributed by atoms with E-state index in [1.165, 1.54) is 0 Å². The van der Waals surface area contributed by atoms with E-state index in [2.05, 4.69) is 10.4 Å². The van der Waals surface area contributed by atoms with Gasteiger partial charge in [-0.05, 0) is 31.5 Å². The third-order valence-corrected chi connectivity index (χ3v) is 3.31. The largest absolute Gasteiger partial charge is 0.454 e. The first kappa shape index (κ1) is 11.3. The minimum absolute atomic E-state index is 0.458. The quantitative estimate of drug-likeness (QED) is 0.900. The van der Waals surface area contributed by atoms with Gasteiger partial charge in [0.05, 0.1) is 18.4 Å². The van der Waals surface area contributed by atoms with Crippen molar-refractivity contribution in [2.75, 3.05) is 13.1 Å². The van der Waals surface area contributed by atoms with Crippen molar-refractivity contribution in [3.8, 4) is 11.5 Å². The molecule has 0 amide bonds. The zero-order chi connectivity index (χ0) is 12.4. The Bertz CT molecular complexity index is 529. The van der Waals surface area contributed by atoms with Crippen molar-refractivity contribution in [3.05, 3.63) is 42.2 Å². The molecule has 0 spiro atoms. The number of nitrogens with one attached hydrogen (secondary N) is 1. The van der Waals surface area contributed by atoms with Crippen LogP contribution in [0, 0.1) is 6.92 Å². The molecule has 4 nitrogen and oxygen atoms in total. The molecule has 0 aliphatic carbocycles. The van der Waals surface area contributed by atoms with Crippen LogP contribution in [0.25, 0.3) is 0 Å². The maximum absolute atomic E-state index is 5.85. The fraction of sp³-hybridized carbons (Fsp3) is 0.357. The van der Waals surface area contributed by atoms with Gasteiger partial charge in [-0.1, -0.05) is 18.2 Å². The highest BCUT2D eigenvalue weighted by Gasteiger charge is 2.17. The maximum Gasteiger partial charge on any atom is 0.165 e. The molecular formula is C14H17N3O. The van der Waals surface area contributed by atoms with Gasteiger partial charge in [-0.2, -0.15) is 5.10 Å². The first-order valence-corrected chi connectivity index (χ1v) is 6.31. The Kier molecular flexibility index (Phi) is 3.02. The minimum atomic E-state index is 0.458. The number of ether oxygens (including phenoxy) is 1. The van der Waals surface area contributed by atoms with Crippen LogP contribution in [-0.4, -0.2) is 22.9 Å². The molecule has 1 saturated heterocycles. The average molecular weight is 243 g/mol. The summed E-state index contributed by atoms with van der Waals surface area (Å²) in [5.41, 5.74) is 1.13. The zero-order valence-corrected chi connectivity index (χ0v) is 10.5. The van der Waals surface area contributed by atoms with Crippen LogP contribution < -0.4 is 10.1 Å². The second-order valence-electron chi connectivity index (χ2n) is 4.67. The van der Waals surface area contributed by atoms with Gasteiger partial charge < -0.3 is 10.1 Å². The van der Waals surface area contributed by atoms with Crippen LogP contribution in [0.4, 0.5) is 0 Å². The second kappa shape index (κ2) is 4.82. The van der Waals surface area contributed by atoms with Gasteiger partial charge in [0, 0.05) is 6.54 Å². The van der Waals surface area contributed by atoms with E-state index in [1.54, 1.807) is 6.20 Å². The van der Waals surface area contributed by atoms with Gasteiger partial charge in [-0.15, -0.1) is 0 Å². The Balaban J connectivity index is 1.75. The number of benzene rings is 1. The first-order valence-electron chi connectivity index (χ1n) is 6.31. The molecule has 1 aliphatic heterocycles. The lowest BCUT2D eigenvalue weighted by atomic mass is 10.2. The molecule has 2 aromatic rings. The summed E-state index contributed by atoms with van der Waals surface area (Å²) >= 11 is 0. The van der Waals surface area contributed by atoms with E-state index in [9.17, 15) is 0 Å². The SMILES string of the molecule is Cc1ccccc1Oc1cnn(C2CCNC2)c1. The van der Waals surface area contributed by atoms with Crippen LogP contribution in [0.1, 0.15) is 18.0 Å². The van der Waals surface area contributed by atoms with Crippen LogP contribution in [0.15, 0.2) is 36.7 Å². The van der Waals surface area contributed by atoms with Crippen molar-refractivity contribution in [2.45, 2.75) is 19.4 Å². The van der Waals surface area contributed by atoms with Crippen molar-refractivity contribution >= 4 is 0 Å². The number of rotatable bonds is 3. The Hall–Kier alpha value is -1.81. The predicted octanol–water partition coefficient (Wildman–Crippen LogP) is 2.52.